The Morgan fingerprint density at radius 2 is 2.05 bits per heavy atom. The minimum atomic E-state index is -2.63. The maximum absolute atomic E-state index is 12.8. The normalized spacial score (nSPS) is 13.1. The van der Waals surface area contributed by atoms with Gasteiger partial charge in [0, 0.05) is 6.54 Å². The van der Waals surface area contributed by atoms with E-state index in [9.17, 15) is 18.7 Å². The average Bonchev–Trinajstić information content (AvgIpc) is 2.31. The molecule has 0 aliphatic heterocycles. The van der Waals surface area contributed by atoms with E-state index in [2.05, 4.69) is 5.32 Å². The number of ether oxygens (including phenoxy) is 1. The molecular weight excluding hydrogens is 282 g/mol. The van der Waals surface area contributed by atoms with Crippen molar-refractivity contribution in [2.24, 2.45) is 5.73 Å². The number of phenolic OH excluding ortho intramolecular Hbond substituents is 1. The van der Waals surface area contributed by atoms with Gasteiger partial charge in [-0.25, -0.2) is 13.6 Å². The second-order valence-corrected chi connectivity index (χ2v) is 5.58. The maximum atomic E-state index is 12.8. The zero-order valence-corrected chi connectivity index (χ0v) is 12.2. The number of hydrogen-bond acceptors (Lipinski definition) is 4. The molecule has 0 aliphatic carbocycles. The minimum absolute atomic E-state index is 0.000787. The largest absolute Gasteiger partial charge is 0.506 e. The SMILES string of the molecule is CC(C)(C)OC(=O)Nc1cc(C(CN)C(F)F)ccc1O. The van der Waals surface area contributed by atoms with E-state index in [1.807, 2.05) is 0 Å². The van der Waals surface area contributed by atoms with Crippen molar-refractivity contribution in [2.75, 3.05) is 11.9 Å². The standard InChI is InChI=1S/C14H20F2N2O3/c1-14(2,3)21-13(20)18-10-6-8(4-5-11(10)19)9(7-17)12(15)16/h4-6,9,12,19H,7,17H2,1-3H3,(H,18,20). The molecule has 118 valence electrons. The first-order chi connectivity index (χ1) is 9.64. The summed E-state index contributed by atoms with van der Waals surface area (Å²) in [6, 6.07) is 3.84. The molecule has 0 saturated carbocycles. The molecule has 1 atom stereocenters. The van der Waals surface area contributed by atoms with Gasteiger partial charge >= 0.3 is 6.09 Å². The van der Waals surface area contributed by atoms with Crippen LogP contribution >= 0.6 is 0 Å². The lowest BCUT2D eigenvalue weighted by atomic mass is 9.99. The van der Waals surface area contributed by atoms with Crippen molar-refractivity contribution in [3.63, 3.8) is 0 Å². The molecule has 4 N–H and O–H groups in total. The molecule has 0 fully saturated rings. The lowest BCUT2D eigenvalue weighted by Crippen LogP contribution is -2.27. The third kappa shape index (κ3) is 5.18. The average molecular weight is 302 g/mol. The predicted molar refractivity (Wildman–Crippen MR) is 75.8 cm³/mol. The topological polar surface area (TPSA) is 84.6 Å². The second kappa shape index (κ2) is 6.71. The first kappa shape index (κ1) is 17.2. The van der Waals surface area contributed by atoms with Gasteiger partial charge in [0.15, 0.2) is 0 Å². The van der Waals surface area contributed by atoms with Crippen molar-refractivity contribution in [2.45, 2.75) is 38.7 Å². The molecule has 0 aromatic heterocycles. The number of nitrogens with two attached hydrogens (primary N) is 1. The number of nitrogens with one attached hydrogen (secondary N) is 1. The number of alkyl halides is 2. The summed E-state index contributed by atoms with van der Waals surface area (Å²) in [5.74, 6) is -1.40. The third-order valence-electron chi connectivity index (χ3n) is 2.64. The van der Waals surface area contributed by atoms with Crippen LogP contribution in [0.5, 0.6) is 5.75 Å². The number of benzene rings is 1. The van der Waals surface area contributed by atoms with E-state index >= 15 is 0 Å². The summed E-state index contributed by atoms with van der Waals surface area (Å²) in [6.07, 6.45) is -3.41. The van der Waals surface area contributed by atoms with Crippen LogP contribution in [-0.4, -0.2) is 29.8 Å². The van der Waals surface area contributed by atoms with Gasteiger partial charge in [-0.2, -0.15) is 0 Å². The van der Waals surface area contributed by atoms with Crippen molar-refractivity contribution in [3.8, 4) is 5.75 Å². The van der Waals surface area contributed by atoms with Gasteiger partial charge in [0.1, 0.15) is 11.4 Å². The van der Waals surface area contributed by atoms with Crippen molar-refractivity contribution < 1.29 is 23.4 Å². The lowest BCUT2D eigenvalue weighted by Gasteiger charge is -2.20. The van der Waals surface area contributed by atoms with Gasteiger partial charge in [0.25, 0.3) is 0 Å². The van der Waals surface area contributed by atoms with Crippen molar-refractivity contribution >= 4 is 11.8 Å². The number of carbonyl (C=O) groups excluding carboxylic acids is 1. The molecule has 0 heterocycles. The van der Waals surface area contributed by atoms with Gasteiger partial charge in [-0.05, 0) is 38.5 Å². The highest BCUT2D eigenvalue weighted by Gasteiger charge is 2.23. The summed E-state index contributed by atoms with van der Waals surface area (Å²) in [5, 5.41) is 12.0. The Kier molecular flexibility index (Phi) is 5.48. The fourth-order valence-electron chi connectivity index (χ4n) is 1.68. The number of aromatic hydroxyl groups is 1. The molecule has 0 spiro atoms. The molecular formula is C14H20F2N2O3. The van der Waals surface area contributed by atoms with Gasteiger partial charge < -0.3 is 15.6 Å². The Balaban J connectivity index is 2.95. The quantitative estimate of drug-likeness (QED) is 0.746. The third-order valence-corrected chi connectivity index (χ3v) is 2.64. The molecule has 21 heavy (non-hydrogen) atoms. The smallest absolute Gasteiger partial charge is 0.412 e. The van der Waals surface area contributed by atoms with Crippen LogP contribution in [-0.2, 0) is 4.74 Å². The molecule has 1 aromatic carbocycles. The predicted octanol–water partition coefficient (Wildman–Crippen LogP) is 3.05. The highest BCUT2D eigenvalue weighted by molar-refractivity contribution is 5.87. The fourth-order valence-corrected chi connectivity index (χ4v) is 1.68. The first-order valence-corrected chi connectivity index (χ1v) is 6.45. The number of rotatable bonds is 4. The minimum Gasteiger partial charge on any atom is -0.506 e. The van der Waals surface area contributed by atoms with Crippen molar-refractivity contribution in [1.29, 1.82) is 0 Å². The zero-order chi connectivity index (χ0) is 16.2. The summed E-state index contributed by atoms with van der Waals surface area (Å²) in [5.41, 5.74) is 4.85. The molecule has 7 heteroatoms. The van der Waals surface area contributed by atoms with Crippen LogP contribution < -0.4 is 11.1 Å². The Morgan fingerprint density at radius 1 is 1.43 bits per heavy atom. The molecule has 1 rings (SSSR count). The van der Waals surface area contributed by atoms with E-state index in [-0.39, 0.29) is 23.5 Å². The van der Waals surface area contributed by atoms with Gasteiger partial charge in [-0.1, -0.05) is 6.07 Å². The Morgan fingerprint density at radius 3 is 2.52 bits per heavy atom. The first-order valence-electron chi connectivity index (χ1n) is 6.45. The number of phenols is 1. The van der Waals surface area contributed by atoms with Crippen LogP contribution in [0.1, 0.15) is 32.3 Å². The Bertz CT molecular complexity index is 501. The summed E-state index contributed by atoms with van der Waals surface area (Å²) in [4.78, 5) is 11.6. The number of hydrogen-bond donors (Lipinski definition) is 3. The number of anilines is 1. The van der Waals surface area contributed by atoms with Crippen molar-refractivity contribution in [1.82, 2.24) is 0 Å². The van der Waals surface area contributed by atoms with Crippen LogP contribution in [0.25, 0.3) is 0 Å². The van der Waals surface area contributed by atoms with E-state index in [0.29, 0.717) is 0 Å². The van der Waals surface area contributed by atoms with Crippen LogP contribution in [0.15, 0.2) is 18.2 Å². The van der Waals surface area contributed by atoms with Crippen molar-refractivity contribution in [3.05, 3.63) is 23.8 Å². The summed E-state index contributed by atoms with van der Waals surface area (Å²) in [6.45, 7) is 4.81. The molecule has 5 nitrogen and oxygen atoms in total. The fraction of sp³-hybridized carbons (Fsp3) is 0.500. The summed E-state index contributed by atoms with van der Waals surface area (Å²) < 4.78 is 30.7. The van der Waals surface area contributed by atoms with Gasteiger partial charge in [0.2, 0.25) is 6.43 Å². The number of halogens is 2. The molecule has 1 amide bonds. The molecule has 0 bridgehead atoms. The molecule has 0 saturated heterocycles. The second-order valence-electron chi connectivity index (χ2n) is 5.58. The molecule has 0 radical (unpaired) electrons. The Hall–Kier alpha value is -1.89. The lowest BCUT2D eigenvalue weighted by molar-refractivity contribution is 0.0635. The van der Waals surface area contributed by atoms with Gasteiger partial charge in [-0.15, -0.1) is 0 Å². The number of amides is 1. The van der Waals surface area contributed by atoms with E-state index in [1.54, 1.807) is 20.8 Å². The highest BCUT2D eigenvalue weighted by atomic mass is 19.3. The Labute approximate surface area is 122 Å². The molecule has 0 aliphatic rings. The monoisotopic (exact) mass is 302 g/mol. The molecule has 1 aromatic rings. The molecule has 1 unspecified atom stereocenters. The summed E-state index contributed by atoms with van der Waals surface area (Å²) in [7, 11) is 0. The van der Waals surface area contributed by atoms with Crippen LogP contribution in [0.4, 0.5) is 19.3 Å². The maximum Gasteiger partial charge on any atom is 0.412 e. The van der Waals surface area contributed by atoms with Crippen LogP contribution in [0, 0.1) is 0 Å². The van der Waals surface area contributed by atoms with E-state index in [4.69, 9.17) is 10.5 Å². The van der Waals surface area contributed by atoms with E-state index < -0.39 is 24.0 Å². The van der Waals surface area contributed by atoms with E-state index in [1.165, 1.54) is 18.2 Å². The van der Waals surface area contributed by atoms with Crippen LogP contribution in [0.2, 0.25) is 0 Å². The highest BCUT2D eigenvalue weighted by Crippen LogP contribution is 2.30. The van der Waals surface area contributed by atoms with Gasteiger partial charge in [-0.3, -0.25) is 5.32 Å². The number of carbonyl (C=O) groups is 1. The van der Waals surface area contributed by atoms with Gasteiger partial charge in [0.05, 0.1) is 11.6 Å². The van der Waals surface area contributed by atoms with Crippen LogP contribution in [0.3, 0.4) is 0 Å². The van der Waals surface area contributed by atoms with E-state index in [0.717, 1.165) is 0 Å². The zero-order valence-electron chi connectivity index (χ0n) is 12.2. The summed E-state index contributed by atoms with van der Waals surface area (Å²) >= 11 is 0.